The summed E-state index contributed by atoms with van der Waals surface area (Å²) in [5.41, 5.74) is 5.05. The van der Waals surface area contributed by atoms with E-state index in [0.717, 1.165) is 33.4 Å². The minimum atomic E-state index is -2.65. The highest BCUT2D eigenvalue weighted by Crippen LogP contribution is 2.43. The smallest absolute Gasteiger partial charge is 0.272 e. The van der Waals surface area contributed by atoms with E-state index < -0.39 is 169 Å². The highest BCUT2D eigenvalue weighted by atomic mass is 35.6. The topological polar surface area (TPSA) is 276 Å². The Morgan fingerprint density at radius 3 is 1.38 bits per heavy atom. The standard InChI is InChI=1S/C80H96Cl3NO23/c1-7-38-91-76-72(106-73-58(84-78(89)80(81,82)83)67(66-57(101-73)46-97-79(5,6)107-66)103-75-62(88)68(104-74-61(87)60(86)59(85)47(2)98-74)63(48(3)99-75)92-40-51-28-16-9-17-29-51)70(64(49(4)100-76)93-41-52-30-18-10-19-31-52)105-77-71(96-44-55-36-24-13-25-37-55)69(95-43-54-34-22-12-23-35-54)65(94-42-53-32-20-11-21-33-53)56(102-77)45-90-39-50-26-14-8-15-27-50/h7-37,47-49,56-77,85-88H,1,38-46H2,2-6H3,(H,84,89)/t47-,48-,49-,56+,57+,58+,59-,60+,61+,62+,63-,64-,65+,66+,67+,68-,69-,70+,71+,72+,73-,74-,75-,76+,77+/m0/s1. The van der Waals surface area contributed by atoms with E-state index in [1.165, 1.54) is 13.0 Å². The average Bonchev–Trinajstić information content (AvgIpc) is 0.753. The summed E-state index contributed by atoms with van der Waals surface area (Å²) < 4.78 is 121. The molecule has 0 unspecified atom stereocenters. The van der Waals surface area contributed by atoms with Gasteiger partial charge in [0, 0.05) is 0 Å². The fourth-order valence-corrected chi connectivity index (χ4v) is 14.1. The van der Waals surface area contributed by atoms with Crippen molar-refractivity contribution in [2.45, 2.75) is 237 Å². The number of hydrogen-bond donors (Lipinski definition) is 5. The SMILES string of the molecule is C=CCO[C@@H]1O[C@@H](C)[C@H](OCc2ccccc2)[C@@H](O[C@H]2O[C@H](COCc3ccccc3)[C@@H](OCc3ccccc3)[C@H](OCc3ccccc3)[C@H]2OCc2ccccc2)[C@H]1O[C@@H]1O[C@@H]2COC(C)(C)O[C@H]2[C@H](O[C@@H]2O[C@@H](C)[C@H](OCc3ccccc3)[C@@H](O[C@@H]3O[C@@H](C)[C@H](O)[C@@H](O)[C@H]3O)[C@H]2O)[C@H]1NC(=O)C(Cl)(Cl)Cl. The summed E-state index contributed by atoms with van der Waals surface area (Å²) >= 11 is 19.5. The largest absolute Gasteiger partial charge is 0.388 e. The fraction of sp³-hybridized carbons (Fsp3) is 0.512. The molecular weight excluding hydrogens is 1450 g/mol. The molecule has 0 bridgehead atoms. The van der Waals surface area contributed by atoms with Gasteiger partial charge in [0.2, 0.25) is 0 Å². The summed E-state index contributed by atoms with van der Waals surface area (Å²) in [6, 6.07) is 55.9. The van der Waals surface area contributed by atoms with Gasteiger partial charge in [0.1, 0.15) is 104 Å². The maximum Gasteiger partial charge on any atom is 0.272 e. The molecule has 27 heteroatoms. The molecule has 0 aromatic heterocycles. The van der Waals surface area contributed by atoms with Crippen LogP contribution in [-0.2, 0) is 130 Å². The Morgan fingerprint density at radius 2 is 0.879 bits per heavy atom. The predicted molar refractivity (Wildman–Crippen MR) is 388 cm³/mol. The van der Waals surface area contributed by atoms with E-state index in [2.05, 4.69) is 11.9 Å². The summed E-state index contributed by atoms with van der Waals surface area (Å²) in [7, 11) is 0. The second kappa shape index (κ2) is 38.2. The zero-order valence-corrected chi connectivity index (χ0v) is 62.3. The molecule has 24 nitrogen and oxygen atoms in total. The van der Waals surface area contributed by atoms with Crippen LogP contribution in [0.4, 0.5) is 0 Å². The number of rotatable bonds is 31. The van der Waals surface area contributed by atoms with Crippen molar-refractivity contribution in [2.24, 2.45) is 0 Å². The molecule has 25 atom stereocenters. The van der Waals surface area contributed by atoms with Crippen molar-refractivity contribution in [1.29, 1.82) is 0 Å². The van der Waals surface area contributed by atoms with Crippen LogP contribution >= 0.6 is 34.8 Å². The lowest BCUT2D eigenvalue weighted by atomic mass is 9.93. The molecule has 107 heavy (non-hydrogen) atoms. The summed E-state index contributed by atoms with van der Waals surface area (Å²) in [6.07, 6.45) is -30.5. The number of fused-ring (bicyclic) bond motifs is 1. The van der Waals surface area contributed by atoms with Gasteiger partial charge in [-0.25, -0.2) is 0 Å². The van der Waals surface area contributed by atoms with Gasteiger partial charge in [-0.1, -0.05) is 223 Å². The van der Waals surface area contributed by atoms with Crippen LogP contribution in [0.2, 0.25) is 0 Å². The fourth-order valence-electron chi connectivity index (χ4n) is 13.9. The Morgan fingerprint density at radius 1 is 0.458 bits per heavy atom. The van der Waals surface area contributed by atoms with E-state index in [1.54, 1.807) is 20.8 Å². The first kappa shape index (κ1) is 81.0. The number of hydrogen-bond acceptors (Lipinski definition) is 23. The lowest BCUT2D eigenvalue weighted by Gasteiger charge is -2.54. The number of aliphatic hydroxyl groups excluding tert-OH is 4. The maximum absolute atomic E-state index is 14.7. The number of carbonyl (C=O) groups is 1. The Labute approximate surface area is 638 Å². The number of carbonyl (C=O) groups excluding carboxylic acids is 1. The Bertz CT molecular complexity index is 3650. The lowest BCUT2D eigenvalue weighted by molar-refractivity contribution is -0.417. The molecule has 0 spiro atoms. The molecule has 0 saturated carbocycles. The van der Waals surface area contributed by atoms with Crippen LogP contribution in [-0.4, -0.2) is 209 Å². The van der Waals surface area contributed by atoms with Crippen LogP contribution in [0, 0.1) is 0 Å². The average molecular weight is 1550 g/mol. The first-order valence-electron chi connectivity index (χ1n) is 36.1. The van der Waals surface area contributed by atoms with Gasteiger partial charge in [-0.15, -0.1) is 6.58 Å². The van der Waals surface area contributed by atoms with Crippen molar-refractivity contribution in [2.75, 3.05) is 19.8 Å². The quantitative estimate of drug-likeness (QED) is 0.0200. The zero-order chi connectivity index (χ0) is 75.2. The molecule has 6 aromatic rings. The molecule has 0 aliphatic carbocycles. The molecule has 6 fully saturated rings. The van der Waals surface area contributed by atoms with Gasteiger partial charge in [0.05, 0.1) is 77.8 Å². The van der Waals surface area contributed by atoms with E-state index in [4.69, 9.17) is 120 Å². The summed E-state index contributed by atoms with van der Waals surface area (Å²) in [5.74, 6) is -2.51. The molecule has 6 aliphatic heterocycles. The molecule has 0 radical (unpaired) electrons. The van der Waals surface area contributed by atoms with E-state index >= 15 is 0 Å². The van der Waals surface area contributed by atoms with E-state index in [1.807, 2.05) is 189 Å². The minimum Gasteiger partial charge on any atom is -0.388 e. The number of nitrogens with one attached hydrogen (secondary N) is 1. The predicted octanol–water partition coefficient (Wildman–Crippen LogP) is 9.01. The number of amides is 1. The molecule has 6 saturated heterocycles. The number of ether oxygens (including phenoxy) is 18. The summed E-state index contributed by atoms with van der Waals surface area (Å²) in [5, 5.41) is 48.9. The molecular formula is C80H96Cl3NO23. The van der Waals surface area contributed by atoms with Crippen molar-refractivity contribution in [3.63, 3.8) is 0 Å². The normalized spacial score (nSPS) is 34.4. The molecule has 5 N–H and O–H groups in total. The van der Waals surface area contributed by atoms with Crippen molar-refractivity contribution < 1.29 is 110 Å². The van der Waals surface area contributed by atoms with E-state index in [-0.39, 0.29) is 59.5 Å². The number of aliphatic hydroxyl groups is 4. The molecule has 1 amide bonds. The molecule has 6 aromatic carbocycles. The highest BCUT2D eigenvalue weighted by molar-refractivity contribution is 6.76. The van der Waals surface area contributed by atoms with Gasteiger partial charge in [-0.3, -0.25) is 4.79 Å². The molecule has 580 valence electrons. The summed E-state index contributed by atoms with van der Waals surface area (Å²) in [6.45, 7) is 12.5. The van der Waals surface area contributed by atoms with E-state index in [0.29, 0.717) is 0 Å². The van der Waals surface area contributed by atoms with Gasteiger partial charge in [-0.2, -0.15) is 0 Å². The van der Waals surface area contributed by atoms with Gasteiger partial charge in [0.25, 0.3) is 9.70 Å². The van der Waals surface area contributed by atoms with Gasteiger partial charge < -0.3 is 111 Å². The van der Waals surface area contributed by atoms with Crippen LogP contribution in [0.25, 0.3) is 0 Å². The molecule has 12 rings (SSSR count). The number of benzene rings is 6. The van der Waals surface area contributed by atoms with Gasteiger partial charge in [0.15, 0.2) is 37.2 Å². The molecule has 6 heterocycles. The molecule has 6 aliphatic rings. The van der Waals surface area contributed by atoms with Gasteiger partial charge >= 0.3 is 0 Å². The third-order valence-corrected chi connectivity index (χ3v) is 20.0. The van der Waals surface area contributed by atoms with Crippen LogP contribution in [0.1, 0.15) is 68.0 Å². The van der Waals surface area contributed by atoms with Crippen molar-refractivity contribution in [1.82, 2.24) is 5.32 Å². The lowest BCUT2D eigenvalue weighted by Crippen LogP contribution is -2.73. The van der Waals surface area contributed by atoms with Crippen molar-refractivity contribution in [3.8, 4) is 0 Å². The number of halogens is 3. The Hall–Kier alpha value is -5.48. The third-order valence-electron chi connectivity index (χ3n) is 19.5. The van der Waals surface area contributed by atoms with Gasteiger partial charge in [-0.05, 0) is 68.0 Å². The Kier molecular flexibility index (Phi) is 28.9. The first-order valence-corrected chi connectivity index (χ1v) is 37.2. The van der Waals surface area contributed by atoms with Crippen LogP contribution in [0.15, 0.2) is 195 Å². The summed E-state index contributed by atoms with van der Waals surface area (Å²) in [4.78, 5) is 14.7. The van der Waals surface area contributed by atoms with Crippen LogP contribution < -0.4 is 5.32 Å². The second-order valence-electron chi connectivity index (χ2n) is 27.8. The monoisotopic (exact) mass is 1540 g/mol. The third kappa shape index (κ3) is 21.2. The zero-order valence-electron chi connectivity index (χ0n) is 60.1. The number of alkyl halides is 3. The van der Waals surface area contributed by atoms with E-state index in [9.17, 15) is 25.2 Å². The van der Waals surface area contributed by atoms with Crippen molar-refractivity contribution >= 4 is 40.7 Å². The van der Waals surface area contributed by atoms with Crippen LogP contribution in [0.5, 0.6) is 0 Å². The maximum atomic E-state index is 14.7. The van der Waals surface area contributed by atoms with Crippen LogP contribution in [0.3, 0.4) is 0 Å². The Balaban J connectivity index is 0.955. The van der Waals surface area contributed by atoms with Crippen molar-refractivity contribution in [3.05, 3.63) is 228 Å². The second-order valence-corrected chi connectivity index (χ2v) is 30.1. The minimum absolute atomic E-state index is 0.00819. The first-order chi connectivity index (χ1) is 51.7. The highest BCUT2D eigenvalue weighted by Gasteiger charge is 2.61.